The van der Waals surface area contributed by atoms with Crippen LogP contribution in [0.25, 0.3) is 0 Å². The molecule has 1 unspecified atom stereocenters. The van der Waals surface area contributed by atoms with Crippen molar-refractivity contribution in [1.82, 2.24) is 0 Å². The molecule has 4 heteroatoms. The lowest BCUT2D eigenvalue weighted by molar-refractivity contribution is -0.139. The molecule has 2 aromatic carbocycles. The summed E-state index contributed by atoms with van der Waals surface area (Å²) in [6.45, 7) is 4.27. The molecule has 0 aliphatic rings. The number of hydrogen-bond donors (Lipinski definition) is 1. The number of halogens is 1. The Hall–Kier alpha value is -2.36. The molecule has 0 heterocycles. The number of aryl methyl sites for hydroxylation is 2. The first-order valence-electron chi connectivity index (χ1n) is 7.15. The number of rotatable bonds is 6. The van der Waals surface area contributed by atoms with E-state index in [2.05, 4.69) is 0 Å². The molecule has 22 heavy (non-hydrogen) atoms. The zero-order chi connectivity index (χ0) is 16.1. The molecule has 0 fully saturated rings. The highest BCUT2D eigenvalue weighted by molar-refractivity contribution is 5.76. The van der Waals surface area contributed by atoms with Gasteiger partial charge in [0.2, 0.25) is 0 Å². The van der Waals surface area contributed by atoms with E-state index < -0.39 is 17.7 Å². The topological polar surface area (TPSA) is 46.5 Å². The summed E-state index contributed by atoms with van der Waals surface area (Å²) < 4.78 is 18.9. The predicted octanol–water partition coefficient (Wildman–Crippen LogP) is 4.08. The van der Waals surface area contributed by atoms with Crippen molar-refractivity contribution in [2.75, 3.05) is 6.61 Å². The van der Waals surface area contributed by atoms with E-state index in [1.54, 1.807) is 6.07 Å². The molecule has 3 nitrogen and oxygen atoms in total. The van der Waals surface area contributed by atoms with Gasteiger partial charge in [-0.1, -0.05) is 18.2 Å². The molecule has 0 aromatic heterocycles. The Labute approximate surface area is 129 Å². The van der Waals surface area contributed by atoms with Gasteiger partial charge in [0.25, 0.3) is 0 Å². The van der Waals surface area contributed by atoms with Gasteiger partial charge in [0.05, 0.1) is 12.5 Å². The smallest absolute Gasteiger partial charge is 0.311 e. The molecule has 0 saturated carbocycles. The maximum Gasteiger partial charge on any atom is 0.311 e. The van der Waals surface area contributed by atoms with E-state index in [0.29, 0.717) is 11.3 Å². The van der Waals surface area contributed by atoms with Gasteiger partial charge in [-0.05, 0) is 61.2 Å². The molecular formula is C18H19FO3. The maximum absolute atomic E-state index is 13.2. The second-order valence-corrected chi connectivity index (χ2v) is 5.33. The van der Waals surface area contributed by atoms with Crippen molar-refractivity contribution in [3.05, 3.63) is 65.0 Å². The van der Waals surface area contributed by atoms with E-state index in [9.17, 15) is 14.3 Å². The minimum Gasteiger partial charge on any atom is -0.494 e. The van der Waals surface area contributed by atoms with Crippen molar-refractivity contribution in [2.24, 2.45) is 0 Å². The standard InChI is InChI=1S/C18H19FO3/c1-12-6-7-16(10-13(12)2)22-9-8-17(18(20)21)14-4-3-5-15(19)11-14/h3-7,10-11,17H,8-9H2,1-2H3,(H,20,21). The molecule has 2 aromatic rings. The lowest BCUT2D eigenvalue weighted by Crippen LogP contribution is -2.15. The van der Waals surface area contributed by atoms with E-state index in [-0.39, 0.29) is 13.0 Å². The van der Waals surface area contributed by atoms with Crippen molar-refractivity contribution in [2.45, 2.75) is 26.2 Å². The summed E-state index contributed by atoms with van der Waals surface area (Å²) in [5, 5.41) is 9.32. The van der Waals surface area contributed by atoms with Gasteiger partial charge in [0.15, 0.2) is 0 Å². The van der Waals surface area contributed by atoms with Gasteiger partial charge in [0, 0.05) is 0 Å². The normalized spacial score (nSPS) is 12.0. The molecule has 2 rings (SSSR count). The number of carboxylic acid groups (broad SMARTS) is 1. The first-order chi connectivity index (χ1) is 10.5. The Balaban J connectivity index is 2.00. The Kier molecular flexibility index (Phi) is 5.15. The third-order valence-electron chi connectivity index (χ3n) is 3.70. The fraction of sp³-hybridized carbons (Fsp3) is 0.278. The Morgan fingerprint density at radius 2 is 1.95 bits per heavy atom. The molecule has 0 aliphatic heterocycles. The summed E-state index contributed by atoms with van der Waals surface area (Å²) >= 11 is 0. The van der Waals surface area contributed by atoms with E-state index in [1.165, 1.54) is 23.8 Å². The number of aliphatic carboxylic acids is 1. The molecule has 0 saturated heterocycles. The number of ether oxygens (including phenoxy) is 1. The molecule has 0 spiro atoms. The average molecular weight is 302 g/mol. The summed E-state index contributed by atoms with van der Waals surface area (Å²) in [5.74, 6) is -1.47. The first-order valence-corrected chi connectivity index (χ1v) is 7.15. The molecular weight excluding hydrogens is 283 g/mol. The van der Waals surface area contributed by atoms with E-state index >= 15 is 0 Å². The van der Waals surface area contributed by atoms with Gasteiger partial charge in [-0.15, -0.1) is 0 Å². The maximum atomic E-state index is 13.2. The highest BCUT2D eigenvalue weighted by Gasteiger charge is 2.20. The van der Waals surface area contributed by atoms with Crippen molar-refractivity contribution in [1.29, 1.82) is 0 Å². The highest BCUT2D eigenvalue weighted by atomic mass is 19.1. The second-order valence-electron chi connectivity index (χ2n) is 5.33. The third kappa shape index (κ3) is 4.07. The van der Waals surface area contributed by atoms with Crippen LogP contribution in [0.4, 0.5) is 4.39 Å². The van der Waals surface area contributed by atoms with Gasteiger partial charge < -0.3 is 9.84 Å². The van der Waals surface area contributed by atoms with Crippen molar-refractivity contribution in [3.8, 4) is 5.75 Å². The van der Waals surface area contributed by atoms with Gasteiger partial charge in [-0.3, -0.25) is 4.79 Å². The van der Waals surface area contributed by atoms with Crippen molar-refractivity contribution in [3.63, 3.8) is 0 Å². The molecule has 0 radical (unpaired) electrons. The summed E-state index contributed by atoms with van der Waals surface area (Å²) in [4.78, 5) is 11.4. The van der Waals surface area contributed by atoms with E-state index in [1.807, 2.05) is 32.0 Å². The molecule has 1 atom stereocenters. The summed E-state index contributed by atoms with van der Waals surface area (Å²) in [6.07, 6.45) is 0.283. The second kappa shape index (κ2) is 7.07. The van der Waals surface area contributed by atoms with Crippen LogP contribution in [0.15, 0.2) is 42.5 Å². The third-order valence-corrected chi connectivity index (χ3v) is 3.70. The fourth-order valence-electron chi connectivity index (χ4n) is 2.25. The van der Waals surface area contributed by atoms with Crippen molar-refractivity contribution < 1.29 is 19.0 Å². The van der Waals surface area contributed by atoms with Gasteiger partial charge in [0.1, 0.15) is 11.6 Å². The predicted molar refractivity (Wildman–Crippen MR) is 82.8 cm³/mol. The Bertz CT molecular complexity index is 667. The minimum absolute atomic E-state index is 0.260. The zero-order valence-electron chi connectivity index (χ0n) is 12.7. The van der Waals surface area contributed by atoms with Gasteiger partial charge in [-0.25, -0.2) is 4.39 Å². The number of hydrogen-bond acceptors (Lipinski definition) is 2. The first kappa shape index (κ1) is 16.0. The van der Waals surface area contributed by atoms with Crippen LogP contribution in [0.2, 0.25) is 0 Å². The monoisotopic (exact) mass is 302 g/mol. The van der Waals surface area contributed by atoms with Crippen LogP contribution in [0.3, 0.4) is 0 Å². The number of carboxylic acids is 1. The summed E-state index contributed by atoms with van der Waals surface area (Å²) in [7, 11) is 0. The van der Waals surface area contributed by atoms with Crippen molar-refractivity contribution >= 4 is 5.97 Å². The van der Waals surface area contributed by atoms with E-state index in [4.69, 9.17) is 4.74 Å². The largest absolute Gasteiger partial charge is 0.494 e. The van der Waals surface area contributed by atoms with Crippen LogP contribution in [-0.2, 0) is 4.79 Å². The summed E-state index contributed by atoms with van der Waals surface area (Å²) in [5.41, 5.74) is 2.75. The Morgan fingerprint density at radius 1 is 1.18 bits per heavy atom. The summed E-state index contributed by atoms with van der Waals surface area (Å²) in [6, 6.07) is 11.4. The lowest BCUT2D eigenvalue weighted by Gasteiger charge is -2.14. The highest BCUT2D eigenvalue weighted by Crippen LogP contribution is 2.22. The molecule has 0 aliphatic carbocycles. The quantitative estimate of drug-likeness (QED) is 0.874. The minimum atomic E-state index is -0.978. The molecule has 1 N–H and O–H groups in total. The lowest BCUT2D eigenvalue weighted by atomic mass is 9.96. The van der Waals surface area contributed by atoms with Crippen LogP contribution in [0.5, 0.6) is 5.75 Å². The van der Waals surface area contributed by atoms with Crippen LogP contribution in [0.1, 0.15) is 29.0 Å². The van der Waals surface area contributed by atoms with Gasteiger partial charge in [-0.2, -0.15) is 0 Å². The molecule has 0 bridgehead atoms. The van der Waals surface area contributed by atoms with Crippen LogP contribution in [-0.4, -0.2) is 17.7 Å². The molecule has 0 amide bonds. The van der Waals surface area contributed by atoms with Crippen LogP contribution in [0, 0.1) is 19.7 Å². The SMILES string of the molecule is Cc1ccc(OCCC(C(=O)O)c2cccc(F)c2)cc1C. The van der Waals surface area contributed by atoms with Crippen LogP contribution < -0.4 is 4.74 Å². The average Bonchev–Trinajstić information content (AvgIpc) is 2.47. The van der Waals surface area contributed by atoms with Crippen LogP contribution >= 0.6 is 0 Å². The van der Waals surface area contributed by atoms with Gasteiger partial charge >= 0.3 is 5.97 Å². The number of benzene rings is 2. The number of carbonyl (C=O) groups is 1. The Morgan fingerprint density at radius 3 is 2.59 bits per heavy atom. The van der Waals surface area contributed by atoms with E-state index in [0.717, 1.165) is 5.56 Å². The zero-order valence-corrected chi connectivity index (χ0v) is 12.7. The molecule has 116 valence electrons. The fourth-order valence-corrected chi connectivity index (χ4v) is 2.25.